The van der Waals surface area contributed by atoms with Crippen molar-refractivity contribution in [3.8, 4) is 34.4 Å². The van der Waals surface area contributed by atoms with E-state index >= 15 is 19.2 Å². The number of hydrogen-bond acceptors (Lipinski definition) is 12. The van der Waals surface area contributed by atoms with Crippen LogP contribution in [0.5, 0.6) is 23.0 Å². The second kappa shape index (κ2) is 16.4. The monoisotopic (exact) mass is 1030 g/mol. The van der Waals surface area contributed by atoms with Crippen molar-refractivity contribution < 1.29 is 36.6 Å². The number of pyridine rings is 2. The number of ether oxygens (including phenoxy) is 4. The quantitative estimate of drug-likeness (QED) is 0.114. The van der Waals surface area contributed by atoms with Gasteiger partial charge in [0.1, 0.15) is 44.7 Å². The highest BCUT2D eigenvalue weighted by atomic mass is 16.5. The number of rotatable bonds is 6. The molecule has 0 radical (unpaired) electrons. The molecule has 0 aliphatic carbocycles. The number of aromatic nitrogens is 2. The molecule has 376 valence electrons. The van der Waals surface area contributed by atoms with E-state index in [1.54, 1.807) is 60.7 Å². The van der Waals surface area contributed by atoms with Crippen molar-refractivity contribution in [2.24, 2.45) is 0 Å². The standard InChI is InChI=1S/C64H38N2O12/c1-71-45-23-21-31(25-47(45)73-3)65-61(67)37-27-49-55-57-51(77-43-19-11-7-15-35(43)33-13-5-9-17-41(33)75-49)29-39-54-40(64(70)66(63(39)69)32-22-24-46(72-2)48(26-32)74-4)30-52-58(60(54)57)56-50(28-38(62(65)68)53(37)59(55)56)76-42-18-10-6-14-34(42)36-16-8-12-20-44(36)78-52/h5-30H,1-4H3. The molecule has 4 aromatic heterocycles. The molecule has 78 heavy (non-hydrogen) atoms. The van der Waals surface area contributed by atoms with Gasteiger partial charge in [0.25, 0.3) is 22.2 Å². The van der Waals surface area contributed by atoms with Gasteiger partial charge >= 0.3 is 0 Å². The van der Waals surface area contributed by atoms with Crippen LogP contribution in [0.25, 0.3) is 142 Å². The molecular weight excluding hydrogens is 989 g/mol. The van der Waals surface area contributed by atoms with Gasteiger partial charge < -0.3 is 36.6 Å². The van der Waals surface area contributed by atoms with E-state index in [1.807, 2.05) is 97.1 Å². The molecule has 0 aliphatic heterocycles. The zero-order valence-electron chi connectivity index (χ0n) is 41.8. The minimum atomic E-state index is -0.641. The van der Waals surface area contributed by atoms with Gasteiger partial charge in [-0.3, -0.25) is 19.2 Å². The van der Waals surface area contributed by atoms with Crippen molar-refractivity contribution in [1.29, 1.82) is 0 Å². The van der Waals surface area contributed by atoms with E-state index in [2.05, 4.69) is 0 Å². The molecule has 15 rings (SSSR count). The fourth-order valence-electron chi connectivity index (χ4n) is 11.8. The van der Waals surface area contributed by atoms with E-state index in [4.69, 9.17) is 36.6 Å². The first-order chi connectivity index (χ1) is 38.2. The minimum Gasteiger partial charge on any atom is -0.493 e. The molecule has 11 aromatic carbocycles. The first-order valence-corrected chi connectivity index (χ1v) is 24.8. The van der Waals surface area contributed by atoms with Crippen molar-refractivity contribution in [1.82, 2.24) is 9.13 Å². The molecule has 4 heterocycles. The normalized spacial score (nSPS) is 12.1. The second-order valence-electron chi connectivity index (χ2n) is 19.1. The largest absolute Gasteiger partial charge is 0.493 e. The Morgan fingerprint density at radius 2 is 0.538 bits per heavy atom. The van der Waals surface area contributed by atoms with Crippen LogP contribution < -0.4 is 41.2 Å². The Morgan fingerprint density at radius 3 is 0.808 bits per heavy atom. The van der Waals surface area contributed by atoms with E-state index in [1.165, 1.54) is 28.4 Å². The number of methoxy groups -OCH3 is 4. The Bertz CT molecular complexity index is 4890. The van der Waals surface area contributed by atoms with Crippen LogP contribution in [0.2, 0.25) is 0 Å². The lowest BCUT2D eigenvalue weighted by Crippen LogP contribution is -2.32. The lowest BCUT2D eigenvalue weighted by atomic mass is 9.85. The molecule has 15 aromatic rings. The highest BCUT2D eigenvalue weighted by Crippen LogP contribution is 2.51. The van der Waals surface area contributed by atoms with Crippen molar-refractivity contribution >= 4 is 131 Å². The first-order valence-electron chi connectivity index (χ1n) is 24.8. The molecule has 0 bridgehead atoms. The third-order valence-electron chi connectivity index (χ3n) is 15.2. The summed E-state index contributed by atoms with van der Waals surface area (Å²) >= 11 is 0. The Morgan fingerprint density at radius 1 is 0.269 bits per heavy atom. The summed E-state index contributed by atoms with van der Waals surface area (Å²) < 4.78 is 53.7. The van der Waals surface area contributed by atoms with Gasteiger partial charge in [-0.1, -0.05) is 72.8 Å². The number of nitrogens with zero attached hydrogens (tertiary/aromatic N) is 2. The van der Waals surface area contributed by atoms with Crippen LogP contribution >= 0.6 is 0 Å². The van der Waals surface area contributed by atoms with E-state index < -0.39 is 22.2 Å². The summed E-state index contributed by atoms with van der Waals surface area (Å²) in [6.07, 6.45) is 0. The van der Waals surface area contributed by atoms with Crippen LogP contribution in [0, 0.1) is 0 Å². The Kier molecular flexibility index (Phi) is 9.46. The maximum absolute atomic E-state index is 15.6. The summed E-state index contributed by atoms with van der Waals surface area (Å²) in [7, 11) is 5.96. The maximum Gasteiger partial charge on any atom is 0.266 e. The van der Waals surface area contributed by atoms with Crippen molar-refractivity contribution in [3.63, 3.8) is 0 Å². The van der Waals surface area contributed by atoms with Crippen LogP contribution in [0.1, 0.15) is 0 Å². The lowest BCUT2D eigenvalue weighted by Gasteiger charge is -2.21. The van der Waals surface area contributed by atoms with Crippen molar-refractivity contribution in [3.05, 3.63) is 199 Å². The highest BCUT2D eigenvalue weighted by Gasteiger charge is 2.31. The number of para-hydroxylation sites is 4. The summed E-state index contributed by atoms with van der Waals surface area (Å²) in [5.41, 5.74) is 0.443. The van der Waals surface area contributed by atoms with Crippen molar-refractivity contribution in [2.75, 3.05) is 28.4 Å². The second-order valence-corrected chi connectivity index (χ2v) is 19.1. The fourth-order valence-corrected chi connectivity index (χ4v) is 11.8. The van der Waals surface area contributed by atoms with Gasteiger partial charge in [-0.25, -0.2) is 9.13 Å². The summed E-state index contributed by atoms with van der Waals surface area (Å²) in [4.78, 5) is 62.5. The highest BCUT2D eigenvalue weighted by molar-refractivity contribution is 6.47. The smallest absolute Gasteiger partial charge is 0.266 e. The molecule has 0 saturated carbocycles. The van der Waals surface area contributed by atoms with Gasteiger partial charge in [-0.2, -0.15) is 0 Å². The van der Waals surface area contributed by atoms with Gasteiger partial charge in [0, 0.05) is 76.8 Å². The van der Waals surface area contributed by atoms with Crippen LogP contribution in [0.4, 0.5) is 0 Å². The fraction of sp³-hybridized carbons (Fsp3) is 0.0625. The minimum absolute atomic E-state index is 0.142. The molecule has 0 saturated heterocycles. The average molecular weight is 1030 g/mol. The predicted molar refractivity (Wildman–Crippen MR) is 304 cm³/mol. The van der Waals surface area contributed by atoms with Crippen LogP contribution in [-0.4, -0.2) is 37.6 Å². The molecule has 0 N–H and O–H groups in total. The van der Waals surface area contributed by atoms with E-state index in [0.717, 1.165) is 9.13 Å². The van der Waals surface area contributed by atoms with Crippen LogP contribution in [0.15, 0.2) is 195 Å². The molecule has 14 heteroatoms. The number of benzene rings is 11. The topological polar surface area (TPSA) is 168 Å². The predicted octanol–water partition coefficient (Wildman–Crippen LogP) is 13.5. The zero-order chi connectivity index (χ0) is 52.8. The van der Waals surface area contributed by atoms with Gasteiger partial charge in [0.2, 0.25) is 0 Å². The molecule has 0 aliphatic rings. The Hall–Kier alpha value is -10.6. The van der Waals surface area contributed by atoms with Crippen molar-refractivity contribution in [2.45, 2.75) is 0 Å². The summed E-state index contributed by atoms with van der Waals surface area (Å²) in [5, 5.41) is 6.32. The third kappa shape index (κ3) is 6.07. The molecular formula is C64H38N2O12. The molecule has 14 nitrogen and oxygen atoms in total. The van der Waals surface area contributed by atoms with Gasteiger partial charge in [-0.15, -0.1) is 0 Å². The summed E-state index contributed by atoms with van der Waals surface area (Å²) in [5.74, 6) is 1.41. The molecule has 0 unspecified atom stereocenters. The summed E-state index contributed by atoms with van der Waals surface area (Å²) in [6.45, 7) is 0. The van der Waals surface area contributed by atoms with Crippen LogP contribution in [-0.2, 0) is 0 Å². The molecule has 0 spiro atoms. The molecule has 0 amide bonds. The number of fused-ring (bicyclic) bond motifs is 6. The summed E-state index contributed by atoms with van der Waals surface area (Å²) in [6, 6.07) is 46.3. The zero-order valence-corrected chi connectivity index (χ0v) is 41.8. The van der Waals surface area contributed by atoms with Crippen LogP contribution in [0.3, 0.4) is 0 Å². The number of hydrogen-bond donors (Lipinski definition) is 0. The SMILES string of the molecule is COc1ccc(-n2c(=O)c3cc4oc5ccccc5c5ccccc5oc5cc6c(=O)n(-c7ccc(OC)c(OC)c7)c(=O)c7cc8oc9ccccc9c9ccccc9oc9cc(c2=O)c3c2c4c5c(c67)c8c92)cc1OC. The van der Waals surface area contributed by atoms with E-state index in [9.17, 15) is 0 Å². The lowest BCUT2D eigenvalue weighted by molar-refractivity contribution is 0.355. The third-order valence-corrected chi connectivity index (χ3v) is 15.2. The Balaban J connectivity index is 1.31. The Labute approximate surface area is 436 Å². The molecule has 0 atom stereocenters. The van der Waals surface area contributed by atoms with Gasteiger partial charge in [-0.05, 0) is 72.8 Å². The van der Waals surface area contributed by atoms with E-state index in [0.29, 0.717) is 110 Å². The first kappa shape index (κ1) is 44.8. The van der Waals surface area contributed by atoms with E-state index in [-0.39, 0.29) is 55.3 Å². The van der Waals surface area contributed by atoms with Gasteiger partial charge in [0.05, 0.1) is 61.4 Å². The molecule has 0 fully saturated rings. The maximum atomic E-state index is 15.6. The average Bonchev–Trinajstić information content (AvgIpc) is 3.20. The van der Waals surface area contributed by atoms with Gasteiger partial charge in [0.15, 0.2) is 23.0 Å².